The van der Waals surface area contributed by atoms with E-state index in [0.29, 0.717) is 59.6 Å². The summed E-state index contributed by atoms with van der Waals surface area (Å²) in [6.45, 7) is 10.8. The van der Waals surface area contributed by atoms with Gasteiger partial charge in [-0.25, -0.2) is 17.6 Å². The molecule has 0 bridgehead atoms. The number of amides is 1. The van der Waals surface area contributed by atoms with Gasteiger partial charge in [0.25, 0.3) is 20.0 Å². The zero-order valence-electron chi connectivity index (χ0n) is 41.3. The number of anilines is 2. The Balaban J connectivity index is 1.11. The van der Waals surface area contributed by atoms with Gasteiger partial charge in [0.15, 0.2) is 45.9 Å². The van der Waals surface area contributed by atoms with E-state index in [0.717, 1.165) is 24.8 Å². The van der Waals surface area contributed by atoms with E-state index < -0.39 is 81.5 Å². The normalized spacial score (nSPS) is 12.4. The maximum absolute atomic E-state index is 15.9. The molecule has 0 saturated heterocycles. The van der Waals surface area contributed by atoms with Gasteiger partial charge in [0.05, 0.1) is 23.2 Å². The minimum atomic E-state index is -4.64. The van der Waals surface area contributed by atoms with Crippen molar-refractivity contribution in [1.29, 1.82) is 0 Å². The molecule has 6 aromatic carbocycles. The van der Waals surface area contributed by atoms with Gasteiger partial charge in [-0.05, 0) is 93.7 Å². The number of rotatable bonds is 12. The third kappa shape index (κ3) is 9.34. The number of carbonyl (C=O) groups excluding carboxylic acids is 1. The molecule has 0 unspecified atom stereocenters. The molecule has 10 rings (SSSR count). The lowest BCUT2D eigenvalue weighted by Crippen LogP contribution is -2.39. The van der Waals surface area contributed by atoms with Gasteiger partial charge in [0, 0.05) is 57.8 Å². The lowest BCUT2D eigenvalue weighted by Gasteiger charge is -2.28. The van der Waals surface area contributed by atoms with Gasteiger partial charge in [-0.2, -0.15) is 35.2 Å². The number of benzene rings is 6. The number of aromatic nitrogens is 6. The Morgan fingerprint density at radius 3 is 1.31 bits per heavy atom. The summed E-state index contributed by atoms with van der Waals surface area (Å²) in [5.41, 5.74) is 0.0761. The highest BCUT2D eigenvalue weighted by Crippen LogP contribution is 2.50. The molecular formula is C53H38Cl2F4N7O10S2-. The van der Waals surface area contributed by atoms with Crippen LogP contribution in [0.1, 0.15) is 52.7 Å². The predicted octanol–water partition coefficient (Wildman–Crippen LogP) is 12.7. The van der Waals surface area contributed by atoms with Gasteiger partial charge in [0.1, 0.15) is 39.0 Å². The molecule has 0 N–H and O–H groups in total. The van der Waals surface area contributed by atoms with Crippen molar-refractivity contribution in [2.45, 2.75) is 62.2 Å². The summed E-state index contributed by atoms with van der Waals surface area (Å²) < 4.78 is 140. The number of carbonyl (C=O) groups is 1. The molecule has 0 aliphatic heterocycles. The van der Waals surface area contributed by atoms with Crippen LogP contribution in [-0.2, 0) is 30.9 Å². The van der Waals surface area contributed by atoms with E-state index in [-0.39, 0.29) is 66.2 Å². The summed E-state index contributed by atoms with van der Waals surface area (Å²) in [5.74, 6) is -7.41. The minimum absolute atomic E-state index is 0.0810. The predicted molar refractivity (Wildman–Crippen MR) is 276 cm³/mol. The number of hydrogen-bond acceptors (Lipinski definition) is 14. The minimum Gasteiger partial charge on any atom is -0.529 e. The molecule has 0 aliphatic rings. The van der Waals surface area contributed by atoms with Crippen LogP contribution in [-0.4, -0.2) is 51.6 Å². The van der Waals surface area contributed by atoms with Crippen molar-refractivity contribution in [3.63, 3.8) is 0 Å². The summed E-state index contributed by atoms with van der Waals surface area (Å²) in [5, 5.41) is 30.2. The molecule has 4 aromatic heterocycles. The Kier molecular flexibility index (Phi) is 13.2. The Morgan fingerprint density at radius 1 is 0.564 bits per heavy atom. The number of halogens is 6. The molecule has 0 saturated carbocycles. The van der Waals surface area contributed by atoms with Crippen molar-refractivity contribution in [2.24, 2.45) is 0 Å². The fourth-order valence-corrected chi connectivity index (χ4v) is 11.7. The van der Waals surface area contributed by atoms with Crippen LogP contribution in [0.4, 0.5) is 34.0 Å². The maximum atomic E-state index is 15.9. The van der Waals surface area contributed by atoms with Crippen LogP contribution in [0.3, 0.4) is 0 Å². The second-order valence-corrected chi connectivity index (χ2v) is 23.9. The molecule has 78 heavy (non-hydrogen) atoms. The molecule has 10 aromatic rings. The molecule has 17 nitrogen and oxygen atoms in total. The monoisotopic (exact) mass is 1140 g/mol. The van der Waals surface area contributed by atoms with Crippen LogP contribution in [0.2, 0.25) is 10.0 Å². The Morgan fingerprint density at radius 2 is 0.962 bits per heavy atom. The lowest BCUT2D eigenvalue weighted by molar-refractivity contribution is -0.245. The van der Waals surface area contributed by atoms with E-state index in [1.807, 2.05) is 41.5 Å². The molecule has 0 spiro atoms. The molecule has 25 heteroatoms. The summed E-state index contributed by atoms with van der Waals surface area (Å²) >= 11 is 13.2. The summed E-state index contributed by atoms with van der Waals surface area (Å²) in [7, 11) is -9.27. The van der Waals surface area contributed by atoms with E-state index in [2.05, 4.69) is 20.5 Å². The standard InChI is InChI=1S/C53H39Cl2F4N7O10S2/c1-52(2,3)47-29(31-21-27(54)9-13-37(31)73-41-23-35(58)43(25-33(41)56)77(69,70)64-19-7-17-60-64)11-15-39-45(47)49(62-75-39)66(51(67)68)50-46-40(76-63-50)16-12-30(48(46)53(4,5)6)32-22-28(55)10-14-38(32)74-42-24-36(59)44(26-34(42)57)78(71,72)65-20-8-18-61-65/h7-26H,1-6H3,(H,67,68)/p-1. The largest absolute Gasteiger partial charge is 0.529 e. The average Bonchev–Trinajstić information content (AvgIpc) is 4.41. The smallest absolute Gasteiger partial charge is 0.285 e. The first-order valence-electron chi connectivity index (χ1n) is 23.1. The number of hydrogen-bond donors (Lipinski definition) is 0. The van der Waals surface area contributed by atoms with Gasteiger partial charge < -0.3 is 28.4 Å². The quantitative estimate of drug-likeness (QED) is 0.104. The molecule has 1 amide bonds. The fraction of sp³-hybridized carbons (Fsp3) is 0.151. The molecule has 4 heterocycles. The number of fused-ring (bicyclic) bond motifs is 2. The van der Waals surface area contributed by atoms with Crippen molar-refractivity contribution in [2.75, 3.05) is 4.90 Å². The zero-order chi connectivity index (χ0) is 56.0. The molecule has 0 radical (unpaired) electrons. The topological polar surface area (TPSA) is 218 Å². The van der Waals surface area contributed by atoms with E-state index in [1.165, 1.54) is 60.7 Å². The van der Waals surface area contributed by atoms with Crippen LogP contribution in [0, 0.1) is 23.3 Å². The number of carboxylic acid groups (broad SMARTS) is 1. The van der Waals surface area contributed by atoms with Gasteiger partial charge in [0.2, 0.25) is 0 Å². The fourth-order valence-electron chi connectivity index (χ4n) is 9.03. The van der Waals surface area contributed by atoms with Crippen molar-refractivity contribution in [3.05, 3.63) is 166 Å². The highest BCUT2D eigenvalue weighted by molar-refractivity contribution is 7.90. The summed E-state index contributed by atoms with van der Waals surface area (Å²) in [4.78, 5) is 12.5. The van der Waals surface area contributed by atoms with Gasteiger partial charge >= 0.3 is 0 Å². The van der Waals surface area contributed by atoms with E-state index in [9.17, 15) is 26.7 Å². The second-order valence-electron chi connectivity index (χ2n) is 19.5. The van der Waals surface area contributed by atoms with Crippen molar-refractivity contribution >= 4 is 82.9 Å². The Bertz CT molecular complexity index is 4030. The summed E-state index contributed by atoms with van der Waals surface area (Å²) in [6, 6.07) is 19.4. The van der Waals surface area contributed by atoms with E-state index in [1.54, 1.807) is 12.1 Å². The van der Waals surface area contributed by atoms with Crippen LogP contribution in [0.25, 0.3) is 44.2 Å². The van der Waals surface area contributed by atoms with E-state index in [4.69, 9.17) is 41.7 Å². The summed E-state index contributed by atoms with van der Waals surface area (Å²) in [6.07, 6.45) is 2.58. The number of nitrogens with zero attached hydrogens (tertiary/aromatic N) is 7. The highest BCUT2D eigenvalue weighted by Gasteiger charge is 2.36. The van der Waals surface area contributed by atoms with Gasteiger partial charge in [-0.15, -0.1) is 0 Å². The lowest BCUT2D eigenvalue weighted by atomic mass is 9.79. The molecular weight excluding hydrogens is 1110 g/mol. The molecule has 0 fully saturated rings. The van der Waals surface area contributed by atoms with Gasteiger partial charge in [-0.1, -0.05) is 87.2 Å². The van der Waals surface area contributed by atoms with Crippen LogP contribution in [0.15, 0.2) is 141 Å². The molecule has 0 atom stereocenters. The highest BCUT2D eigenvalue weighted by atomic mass is 35.5. The number of ether oxygens (including phenoxy) is 2. The third-order valence-electron chi connectivity index (χ3n) is 12.2. The van der Waals surface area contributed by atoms with Crippen LogP contribution >= 0.6 is 23.2 Å². The maximum Gasteiger partial charge on any atom is 0.285 e. The SMILES string of the molecule is CC(C)(C)c1c(-c2cc(Cl)ccc2Oc2cc(F)c(S(=O)(=O)n3cccn3)cc2F)ccc2onc(N(C(=O)[O-])c3noc4ccc(-c5cc(Cl)ccc5Oc5cc(F)c(S(=O)(=O)n6cccn6)cc5F)c(C(C)(C)C)c34)c12. The zero-order valence-corrected chi connectivity index (χ0v) is 44.5. The van der Waals surface area contributed by atoms with E-state index >= 15 is 17.6 Å². The van der Waals surface area contributed by atoms with Crippen molar-refractivity contribution < 1.29 is 62.8 Å². The first-order valence-corrected chi connectivity index (χ1v) is 26.7. The van der Waals surface area contributed by atoms with Crippen molar-refractivity contribution in [1.82, 2.24) is 28.7 Å². The van der Waals surface area contributed by atoms with Crippen molar-refractivity contribution in [3.8, 4) is 45.3 Å². The molecule has 400 valence electrons. The Hall–Kier alpha value is -8.25. The van der Waals surface area contributed by atoms with Crippen LogP contribution in [0.5, 0.6) is 23.0 Å². The first-order chi connectivity index (χ1) is 36.7. The van der Waals surface area contributed by atoms with Crippen LogP contribution < -0.4 is 19.5 Å². The Labute approximate surface area is 450 Å². The second kappa shape index (κ2) is 19.3. The average molecular weight is 1140 g/mol. The first kappa shape index (κ1) is 53.2. The third-order valence-corrected chi connectivity index (χ3v) is 15.9. The van der Waals surface area contributed by atoms with Gasteiger partial charge in [-0.3, -0.25) is 4.90 Å². The molecule has 0 aliphatic carbocycles.